The molecule has 0 atom stereocenters. The van der Waals surface area contributed by atoms with Gasteiger partial charge in [-0.2, -0.15) is 0 Å². The second kappa shape index (κ2) is 16.7. The number of allylic oxidation sites excluding steroid dienone is 2. The molecule has 0 unspecified atom stereocenters. The molecule has 2 aromatic heterocycles. The van der Waals surface area contributed by atoms with Crippen LogP contribution >= 0.6 is 0 Å². The molecule has 312 valence electrons. The molecule has 11 rings (SSSR count). The first-order chi connectivity index (χ1) is 32.0. The molecule has 6 heteroatoms. The molecule has 0 fully saturated rings. The molecule has 0 radical (unpaired) electrons. The van der Waals surface area contributed by atoms with Crippen LogP contribution in [0.15, 0.2) is 235 Å². The third-order valence-corrected chi connectivity index (χ3v) is 12.5. The van der Waals surface area contributed by atoms with E-state index in [4.69, 9.17) is 15.7 Å². The van der Waals surface area contributed by atoms with Crippen molar-refractivity contribution < 1.29 is 0 Å². The van der Waals surface area contributed by atoms with E-state index >= 15 is 0 Å². The molecule has 0 bridgehead atoms. The number of nitrogens with two attached hydrogens (primary N) is 1. The van der Waals surface area contributed by atoms with Gasteiger partial charge in [-0.3, -0.25) is 0 Å². The lowest BCUT2D eigenvalue weighted by atomic mass is 10.0. The van der Waals surface area contributed by atoms with Gasteiger partial charge in [0.05, 0.1) is 27.8 Å². The molecule has 0 saturated carbocycles. The monoisotopic (exact) mass is 838 g/mol. The number of fused-ring (bicyclic) bond motifs is 7. The third-order valence-electron chi connectivity index (χ3n) is 12.5. The normalized spacial score (nSPS) is 14.1. The molecule has 0 aliphatic carbocycles. The Balaban J connectivity index is 1.04. The number of rotatable bonds is 7. The number of aryl methyl sites for hydroxylation is 1. The van der Waals surface area contributed by atoms with Crippen LogP contribution in [0, 0.1) is 0 Å². The molecule has 6 nitrogen and oxygen atoms in total. The smallest absolute Gasteiger partial charge is 0.162 e. The Morgan fingerprint density at radius 1 is 0.492 bits per heavy atom. The maximum Gasteiger partial charge on any atom is 0.162 e. The molecule has 2 N–H and O–H groups in total. The van der Waals surface area contributed by atoms with Gasteiger partial charge in [-0.05, 0) is 97.6 Å². The zero-order chi connectivity index (χ0) is 43.9. The Hall–Kier alpha value is -8.48. The number of hydrogen-bond acceptors (Lipinski definition) is 2. The number of para-hydroxylation sites is 5. The van der Waals surface area contributed by atoms with E-state index in [1.54, 1.807) is 0 Å². The zero-order valence-corrected chi connectivity index (χ0v) is 36.0. The summed E-state index contributed by atoms with van der Waals surface area (Å²) in [5.41, 5.74) is 20.8. The number of anilines is 2. The summed E-state index contributed by atoms with van der Waals surface area (Å²) in [6, 6.07) is 67.7. The average molecular weight is 839 g/mol. The molecule has 0 saturated heterocycles. The standard InChI is InChI=1S/C59H46N6/c1-40-19-4-3-5-20-42-21-6-11-32-53(42)63(40)46-25-17-23-44(38-46)58(60)62-59(45-24-18-27-48(39-45)65-56-35-14-9-30-51(56)52-31-10-15-36-57(52)65)61-41(2)43-22-16-26-47(37-43)64-54-33-12-7-28-49(54)50-29-8-13-34-55(50)64/h4,6-19,21-39H,1-3,5,20H2,(H2,60,61,62)/b19-4-. The summed E-state index contributed by atoms with van der Waals surface area (Å²) < 4.78 is 4.61. The third kappa shape index (κ3) is 7.21. The first-order valence-electron chi connectivity index (χ1n) is 22.1. The van der Waals surface area contributed by atoms with E-state index in [-0.39, 0.29) is 0 Å². The highest BCUT2D eigenvalue weighted by Crippen LogP contribution is 2.37. The van der Waals surface area contributed by atoms with Crippen molar-refractivity contribution in [3.63, 3.8) is 0 Å². The SMILES string of the molecule is C=C(/N=C(\N=C(/N)c1cccc(N2C(=C)/C=C\CCCc3ccccc32)c1)c1cccc(-n2c3ccccc3c3ccccc32)c1)c1cccc(-n2c3ccccc3c3ccccc32)c1. The van der Waals surface area contributed by atoms with Gasteiger partial charge >= 0.3 is 0 Å². The van der Waals surface area contributed by atoms with Crippen LogP contribution in [-0.2, 0) is 6.42 Å². The summed E-state index contributed by atoms with van der Waals surface area (Å²) in [5.74, 6) is 0.779. The van der Waals surface area contributed by atoms with Crippen LogP contribution in [-0.4, -0.2) is 20.8 Å². The maximum atomic E-state index is 7.11. The van der Waals surface area contributed by atoms with E-state index in [0.717, 1.165) is 86.5 Å². The highest BCUT2D eigenvalue weighted by molar-refractivity contribution is 6.14. The Bertz CT molecular complexity index is 3490. The molecule has 3 heterocycles. The number of hydrogen-bond donors (Lipinski definition) is 1. The van der Waals surface area contributed by atoms with Crippen LogP contribution < -0.4 is 10.6 Å². The Morgan fingerprint density at radius 3 is 1.57 bits per heavy atom. The second-order valence-electron chi connectivity index (χ2n) is 16.5. The first-order valence-corrected chi connectivity index (χ1v) is 22.1. The van der Waals surface area contributed by atoms with Crippen LogP contribution in [0.3, 0.4) is 0 Å². The molecular formula is C59H46N6. The van der Waals surface area contributed by atoms with Crippen molar-refractivity contribution in [3.8, 4) is 11.4 Å². The summed E-state index contributed by atoms with van der Waals surface area (Å²) in [7, 11) is 0. The predicted molar refractivity (Wildman–Crippen MR) is 274 cm³/mol. The van der Waals surface area contributed by atoms with Crippen LogP contribution in [0.4, 0.5) is 11.4 Å². The molecular weight excluding hydrogens is 793 g/mol. The maximum absolute atomic E-state index is 7.11. The summed E-state index contributed by atoms with van der Waals surface area (Å²) in [5, 5.41) is 4.79. The quantitative estimate of drug-likeness (QED) is 0.128. The van der Waals surface area contributed by atoms with Crippen molar-refractivity contribution in [1.82, 2.24) is 9.13 Å². The predicted octanol–water partition coefficient (Wildman–Crippen LogP) is 14.2. The van der Waals surface area contributed by atoms with E-state index < -0.39 is 0 Å². The molecule has 0 amide bonds. The van der Waals surface area contributed by atoms with E-state index in [0.29, 0.717) is 17.4 Å². The van der Waals surface area contributed by atoms with Gasteiger partial charge in [0.15, 0.2) is 5.84 Å². The van der Waals surface area contributed by atoms with Gasteiger partial charge in [-0.1, -0.05) is 147 Å². The van der Waals surface area contributed by atoms with Gasteiger partial charge in [0.25, 0.3) is 0 Å². The Kier molecular flexibility index (Phi) is 10.1. The minimum absolute atomic E-state index is 0.332. The van der Waals surface area contributed by atoms with Crippen molar-refractivity contribution in [2.24, 2.45) is 15.7 Å². The first kappa shape index (κ1) is 39.4. The lowest BCUT2D eigenvalue weighted by Crippen LogP contribution is -2.19. The molecule has 1 aliphatic rings. The summed E-state index contributed by atoms with van der Waals surface area (Å²) in [6.07, 6.45) is 7.37. The topological polar surface area (TPSA) is 63.8 Å². The molecule has 65 heavy (non-hydrogen) atoms. The number of benzene rings is 8. The Labute approximate surface area is 378 Å². The fraction of sp³-hybridized carbons (Fsp3) is 0.0508. The van der Waals surface area contributed by atoms with Crippen molar-refractivity contribution in [1.29, 1.82) is 0 Å². The fourth-order valence-electron chi connectivity index (χ4n) is 9.44. The van der Waals surface area contributed by atoms with Gasteiger partial charge in [0.2, 0.25) is 0 Å². The molecule has 10 aromatic rings. The van der Waals surface area contributed by atoms with Gasteiger partial charge in [0.1, 0.15) is 5.84 Å². The van der Waals surface area contributed by atoms with Crippen LogP contribution in [0.2, 0.25) is 0 Å². The Morgan fingerprint density at radius 2 is 0.969 bits per heavy atom. The van der Waals surface area contributed by atoms with Crippen LogP contribution in [0.5, 0.6) is 0 Å². The molecule has 8 aromatic carbocycles. The number of amidine groups is 2. The summed E-state index contributed by atoms with van der Waals surface area (Å²) in [6.45, 7) is 9.07. The second-order valence-corrected chi connectivity index (χ2v) is 16.5. The van der Waals surface area contributed by atoms with Gasteiger partial charge in [-0.15, -0.1) is 0 Å². The van der Waals surface area contributed by atoms with Gasteiger partial charge < -0.3 is 19.8 Å². The van der Waals surface area contributed by atoms with E-state index in [1.807, 2.05) is 18.2 Å². The van der Waals surface area contributed by atoms with Crippen LogP contribution in [0.1, 0.15) is 35.1 Å². The van der Waals surface area contributed by atoms with Crippen molar-refractivity contribution in [3.05, 3.63) is 247 Å². The molecule has 0 spiro atoms. The van der Waals surface area contributed by atoms with E-state index in [9.17, 15) is 0 Å². The largest absolute Gasteiger partial charge is 0.383 e. The number of nitrogens with zero attached hydrogens (tertiary/aromatic N) is 5. The number of aromatic nitrogens is 2. The number of aliphatic imine (C=N–C) groups is 2. The summed E-state index contributed by atoms with van der Waals surface area (Å²) >= 11 is 0. The van der Waals surface area contributed by atoms with E-state index in [1.165, 1.54) is 27.1 Å². The van der Waals surface area contributed by atoms with E-state index in [2.05, 4.69) is 215 Å². The summed E-state index contributed by atoms with van der Waals surface area (Å²) in [4.78, 5) is 12.7. The zero-order valence-electron chi connectivity index (χ0n) is 36.0. The van der Waals surface area contributed by atoms with Gasteiger partial charge in [0, 0.05) is 66.7 Å². The average Bonchev–Trinajstić information content (AvgIpc) is 3.89. The highest BCUT2D eigenvalue weighted by Gasteiger charge is 2.19. The van der Waals surface area contributed by atoms with Crippen molar-refractivity contribution in [2.75, 3.05) is 4.90 Å². The fourth-order valence-corrected chi connectivity index (χ4v) is 9.44. The van der Waals surface area contributed by atoms with Crippen molar-refractivity contribution >= 4 is 72.4 Å². The highest BCUT2D eigenvalue weighted by atomic mass is 15.1. The lowest BCUT2D eigenvalue weighted by Gasteiger charge is -2.28. The van der Waals surface area contributed by atoms with Gasteiger partial charge in [-0.25, -0.2) is 9.98 Å². The van der Waals surface area contributed by atoms with Crippen molar-refractivity contribution in [2.45, 2.75) is 19.3 Å². The minimum Gasteiger partial charge on any atom is -0.383 e. The van der Waals surface area contributed by atoms with Crippen LogP contribution in [0.25, 0.3) is 60.7 Å². The minimum atomic E-state index is 0.332. The lowest BCUT2D eigenvalue weighted by molar-refractivity contribution is 0.845. The molecule has 1 aliphatic heterocycles.